The van der Waals surface area contributed by atoms with Crippen molar-refractivity contribution in [2.24, 2.45) is 5.73 Å². The monoisotopic (exact) mass is 263 g/mol. The van der Waals surface area contributed by atoms with E-state index in [1.54, 1.807) is 6.20 Å². The summed E-state index contributed by atoms with van der Waals surface area (Å²) in [7, 11) is 0. The molecule has 0 saturated heterocycles. The number of carbonyl (C=O) groups is 1. The zero-order valence-electron chi connectivity index (χ0n) is 10.7. The number of aromatic nitrogens is 2. The molecule has 0 fully saturated rings. The molecule has 98 valence electrons. The molecule has 0 radical (unpaired) electrons. The Hall–Kier alpha value is -2.88. The molecule has 4 nitrogen and oxygen atoms in total. The van der Waals surface area contributed by atoms with E-state index in [0.29, 0.717) is 5.82 Å². The minimum Gasteiger partial charge on any atom is -0.351 e. The summed E-state index contributed by atoms with van der Waals surface area (Å²) in [6.45, 7) is 0. The number of primary amides is 1. The summed E-state index contributed by atoms with van der Waals surface area (Å²) in [5, 5.41) is 0. The van der Waals surface area contributed by atoms with Crippen LogP contribution in [0.1, 0.15) is 0 Å². The van der Waals surface area contributed by atoms with Gasteiger partial charge < -0.3 is 5.73 Å². The van der Waals surface area contributed by atoms with Gasteiger partial charge >= 0.3 is 6.03 Å². The Morgan fingerprint density at radius 1 is 0.900 bits per heavy atom. The quantitative estimate of drug-likeness (QED) is 0.772. The summed E-state index contributed by atoms with van der Waals surface area (Å²) < 4.78 is 1.37. The first kappa shape index (κ1) is 12.2. The summed E-state index contributed by atoms with van der Waals surface area (Å²) in [4.78, 5) is 16.1. The number of benzene rings is 2. The second-order valence-electron chi connectivity index (χ2n) is 4.39. The number of nitrogens with zero attached hydrogens (tertiary/aromatic N) is 2. The third-order valence-electron chi connectivity index (χ3n) is 3.04. The molecule has 0 unspecified atom stereocenters. The molecule has 3 aromatic rings. The third-order valence-corrected chi connectivity index (χ3v) is 3.04. The first-order valence-electron chi connectivity index (χ1n) is 6.26. The molecule has 3 rings (SSSR count). The van der Waals surface area contributed by atoms with Crippen molar-refractivity contribution in [3.63, 3.8) is 0 Å². The van der Waals surface area contributed by atoms with Gasteiger partial charge in [-0.2, -0.15) is 0 Å². The summed E-state index contributed by atoms with van der Waals surface area (Å²) in [5.41, 5.74) is 7.96. The van der Waals surface area contributed by atoms with Gasteiger partial charge in [0.1, 0.15) is 5.82 Å². The minimum atomic E-state index is -0.543. The van der Waals surface area contributed by atoms with Crippen LogP contribution in [0, 0.1) is 0 Å². The highest BCUT2D eigenvalue weighted by Crippen LogP contribution is 2.24. The van der Waals surface area contributed by atoms with Gasteiger partial charge in [-0.05, 0) is 0 Å². The lowest BCUT2D eigenvalue weighted by molar-refractivity contribution is 0.250. The molecule has 0 aliphatic carbocycles. The Labute approximate surface area is 116 Å². The number of imidazole rings is 1. The average molecular weight is 263 g/mol. The summed E-state index contributed by atoms with van der Waals surface area (Å²) in [5.74, 6) is 0.553. The predicted molar refractivity (Wildman–Crippen MR) is 78.1 cm³/mol. The number of nitrogens with two attached hydrogens (primary N) is 1. The van der Waals surface area contributed by atoms with Crippen molar-refractivity contribution in [1.29, 1.82) is 0 Å². The van der Waals surface area contributed by atoms with Gasteiger partial charge in [-0.3, -0.25) is 4.57 Å². The van der Waals surface area contributed by atoms with Crippen LogP contribution < -0.4 is 5.73 Å². The van der Waals surface area contributed by atoms with E-state index in [9.17, 15) is 4.79 Å². The first-order valence-corrected chi connectivity index (χ1v) is 6.26. The molecular formula is C16H13N3O. The van der Waals surface area contributed by atoms with Gasteiger partial charge in [0.2, 0.25) is 0 Å². The van der Waals surface area contributed by atoms with E-state index in [0.717, 1.165) is 16.8 Å². The molecular weight excluding hydrogens is 250 g/mol. The largest absolute Gasteiger partial charge is 0.351 e. The smallest absolute Gasteiger partial charge is 0.324 e. The normalized spacial score (nSPS) is 10.4. The molecule has 1 aromatic heterocycles. The minimum absolute atomic E-state index is 0.543. The van der Waals surface area contributed by atoms with E-state index in [1.807, 2.05) is 60.7 Å². The van der Waals surface area contributed by atoms with Crippen molar-refractivity contribution < 1.29 is 4.79 Å². The third kappa shape index (κ3) is 2.19. The van der Waals surface area contributed by atoms with Crippen LogP contribution in [0.5, 0.6) is 0 Å². The molecule has 4 heteroatoms. The van der Waals surface area contributed by atoms with Gasteiger partial charge in [0.25, 0.3) is 0 Å². The number of rotatable bonds is 2. The van der Waals surface area contributed by atoms with E-state index < -0.39 is 6.03 Å². The van der Waals surface area contributed by atoms with Crippen LogP contribution in [0.4, 0.5) is 4.79 Å². The number of amides is 1. The van der Waals surface area contributed by atoms with Crippen molar-refractivity contribution in [3.8, 4) is 22.6 Å². The fourth-order valence-electron chi connectivity index (χ4n) is 2.09. The lowest BCUT2D eigenvalue weighted by Gasteiger charge is -2.01. The van der Waals surface area contributed by atoms with E-state index in [-0.39, 0.29) is 0 Å². The standard InChI is InChI=1S/C16H13N3O/c17-16(20)19-11-14(12-7-3-1-4-8-12)18-15(19)13-9-5-2-6-10-13/h1-11H,(H2,17,20). The van der Waals surface area contributed by atoms with Crippen LogP contribution in [0.3, 0.4) is 0 Å². The molecule has 0 saturated carbocycles. The highest BCUT2D eigenvalue weighted by Gasteiger charge is 2.14. The van der Waals surface area contributed by atoms with Gasteiger partial charge in [0.15, 0.2) is 0 Å². The summed E-state index contributed by atoms with van der Waals surface area (Å²) in [6.07, 6.45) is 1.67. The highest BCUT2D eigenvalue weighted by atomic mass is 16.2. The maximum atomic E-state index is 11.6. The number of carbonyl (C=O) groups excluding carboxylic acids is 1. The molecule has 2 N–H and O–H groups in total. The van der Waals surface area contributed by atoms with Crippen molar-refractivity contribution in [2.45, 2.75) is 0 Å². The molecule has 0 atom stereocenters. The maximum Gasteiger partial charge on any atom is 0.324 e. The van der Waals surface area contributed by atoms with Gasteiger partial charge in [0.05, 0.1) is 5.69 Å². The second-order valence-corrected chi connectivity index (χ2v) is 4.39. The Bertz CT molecular complexity index is 733. The SMILES string of the molecule is NC(=O)n1cc(-c2ccccc2)nc1-c1ccccc1. The van der Waals surface area contributed by atoms with E-state index >= 15 is 0 Å². The van der Waals surface area contributed by atoms with Crippen molar-refractivity contribution in [2.75, 3.05) is 0 Å². The Morgan fingerprint density at radius 2 is 1.45 bits per heavy atom. The summed E-state index contributed by atoms with van der Waals surface area (Å²) in [6, 6.07) is 18.7. The highest BCUT2D eigenvalue weighted by molar-refractivity contribution is 5.82. The van der Waals surface area contributed by atoms with Crippen molar-refractivity contribution in [1.82, 2.24) is 9.55 Å². The van der Waals surface area contributed by atoms with Crippen molar-refractivity contribution in [3.05, 3.63) is 66.9 Å². The molecule has 20 heavy (non-hydrogen) atoms. The molecule has 0 aliphatic heterocycles. The van der Waals surface area contributed by atoms with E-state index in [1.165, 1.54) is 4.57 Å². The fraction of sp³-hybridized carbons (Fsp3) is 0. The second kappa shape index (κ2) is 5.01. The van der Waals surface area contributed by atoms with Crippen LogP contribution in [0.25, 0.3) is 22.6 Å². The predicted octanol–water partition coefficient (Wildman–Crippen LogP) is 3.14. The topological polar surface area (TPSA) is 60.9 Å². The van der Waals surface area contributed by atoms with E-state index in [2.05, 4.69) is 4.98 Å². The van der Waals surface area contributed by atoms with Crippen LogP contribution in [0.15, 0.2) is 66.9 Å². The van der Waals surface area contributed by atoms with Gasteiger partial charge in [-0.25, -0.2) is 9.78 Å². The average Bonchev–Trinajstić information content (AvgIpc) is 2.94. The molecule has 2 aromatic carbocycles. The molecule has 0 spiro atoms. The van der Waals surface area contributed by atoms with E-state index in [4.69, 9.17) is 5.73 Å². The van der Waals surface area contributed by atoms with Crippen molar-refractivity contribution >= 4 is 6.03 Å². The Kier molecular flexibility index (Phi) is 3.05. The van der Waals surface area contributed by atoms with Gasteiger partial charge in [-0.1, -0.05) is 60.7 Å². The number of hydrogen-bond donors (Lipinski definition) is 1. The maximum absolute atomic E-state index is 11.6. The molecule has 0 aliphatic rings. The fourth-order valence-corrected chi connectivity index (χ4v) is 2.09. The summed E-state index contributed by atoms with van der Waals surface area (Å²) >= 11 is 0. The van der Waals surface area contributed by atoms with Gasteiger partial charge in [-0.15, -0.1) is 0 Å². The lowest BCUT2D eigenvalue weighted by Crippen LogP contribution is -2.19. The lowest BCUT2D eigenvalue weighted by atomic mass is 10.2. The molecule has 1 amide bonds. The zero-order valence-corrected chi connectivity index (χ0v) is 10.7. The van der Waals surface area contributed by atoms with Crippen LogP contribution in [0.2, 0.25) is 0 Å². The van der Waals surface area contributed by atoms with Crippen LogP contribution in [-0.4, -0.2) is 15.6 Å². The van der Waals surface area contributed by atoms with Gasteiger partial charge in [0, 0.05) is 17.3 Å². The number of hydrogen-bond acceptors (Lipinski definition) is 2. The van der Waals surface area contributed by atoms with Crippen LogP contribution in [-0.2, 0) is 0 Å². The zero-order chi connectivity index (χ0) is 13.9. The first-order chi connectivity index (χ1) is 9.75. The molecule has 0 bridgehead atoms. The Balaban J connectivity index is 2.15. The van der Waals surface area contributed by atoms with Crippen LogP contribution >= 0.6 is 0 Å². The Morgan fingerprint density at radius 3 is 2.00 bits per heavy atom. The molecule has 1 heterocycles.